The molecule has 0 saturated heterocycles. The predicted molar refractivity (Wildman–Crippen MR) is 66.3 cm³/mol. The number of ether oxygens (including phenoxy) is 2. The van der Waals surface area contributed by atoms with E-state index < -0.39 is 0 Å². The van der Waals surface area contributed by atoms with Crippen LogP contribution in [0.1, 0.15) is 12.5 Å². The third-order valence-electron chi connectivity index (χ3n) is 2.12. The SMILES string of the molecule is CCOc1ccc(CNCC(=O)OC)cc1Cl. The van der Waals surface area contributed by atoms with Crippen LogP contribution in [0.2, 0.25) is 5.02 Å². The Bertz CT molecular complexity index is 382. The van der Waals surface area contributed by atoms with E-state index in [1.165, 1.54) is 7.11 Å². The van der Waals surface area contributed by atoms with Crippen molar-refractivity contribution in [3.8, 4) is 5.75 Å². The smallest absolute Gasteiger partial charge is 0.319 e. The van der Waals surface area contributed by atoms with Gasteiger partial charge >= 0.3 is 5.97 Å². The highest BCUT2D eigenvalue weighted by molar-refractivity contribution is 6.32. The maximum absolute atomic E-state index is 10.9. The van der Waals surface area contributed by atoms with Gasteiger partial charge in [0.05, 0.1) is 25.3 Å². The second kappa shape index (κ2) is 7.14. The first kappa shape index (κ1) is 13.8. The lowest BCUT2D eigenvalue weighted by Crippen LogP contribution is -2.23. The molecule has 0 heterocycles. The van der Waals surface area contributed by atoms with Crippen molar-refractivity contribution in [2.24, 2.45) is 0 Å². The molecule has 0 spiro atoms. The summed E-state index contributed by atoms with van der Waals surface area (Å²) in [4.78, 5) is 10.9. The maximum Gasteiger partial charge on any atom is 0.319 e. The lowest BCUT2D eigenvalue weighted by atomic mass is 10.2. The molecule has 0 aliphatic heterocycles. The lowest BCUT2D eigenvalue weighted by Gasteiger charge is -2.08. The van der Waals surface area contributed by atoms with Gasteiger partial charge in [0.25, 0.3) is 0 Å². The molecule has 0 atom stereocenters. The zero-order chi connectivity index (χ0) is 12.7. The van der Waals surface area contributed by atoms with Crippen LogP contribution in [0.15, 0.2) is 18.2 Å². The van der Waals surface area contributed by atoms with Gasteiger partial charge in [-0.3, -0.25) is 4.79 Å². The fourth-order valence-electron chi connectivity index (χ4n) is 1.31. The van der Waals surface area contributed by atoms with Crippen LogP contribution < -0.4 is 10.1 Å². The molecule has 0 unspecified atom stereocenters. The van der Waals surface area contributed by atoms with Gasteiger partial charge in [0, 0.05) is 6.54 Å². The minimum absolute atomic E-state index is 0.182. The van der Waals surface area contributed by atoms with Crippen molar-refractivity contribution < 1.29 is 14.3 Å². The number of rotatable bonds is 6. The van der Waals surface area contributed by atoms with Crippen LogP contribution in [0, 0.1) is 0 Å². The van der Waals surface area contributed by atoms with E-state index >= 15 is 0 Å². The summed E-state index contributed by atoms with van der Waals surface area (Å²) in [5.41, 5.74) is 0.988. The van der Waals surface area contributed by atoms with Gasteiger partial charge in [0.2, 0.25) is 0 Å². The van der Waals surface area contributed by atoms with Crippen molar-refractivity contribution in [2.75, 3.05) is 20.3 Å². The molecular weight excluding hydrogens is 242 g/mol. The number of esters is 1. The molecule has 0 amide bonds. The van der Waals surface area contributed by atoms with Gasteiger partial charge < -0.3 is 14.8 Å². The summed E-state index contributed by atoms with van der Waals surface area (Å²) in [6.07, 6.45) is 0. The van der Waals surface area contributed by atoms with E-state index in [4.69, 9.17) is 16.3 Å². The van der Waals surface area contributed by atoms with E-state index in [1.54, 1.807) is 0 Å². The van der Waals surface area contributed by atoms with Crippen molar-refractivity contribution in [2.45, 2.75) is 13.5 Å². The molecule has 1 rings (SSSR count). The van der Waals surface area contributed by atoms with Crippen molar-refractivity contribution in [1.29, 1.82) is 0 Å². The molecule has 0 aliphatic rings. The molecule has 1 N–H and O–H groups in total. The lowest BCUT2D eigenvalue weighted by molar-refractivity contribution is -0.139. The first-order valence-electron chi connectivity index (χ1n) is 5.36. The minimum Gasteiger partial charge on any atom is -0.492 e. The first-order valence-corrected chi connectivity index (χ1v) is 5.74. The molecule has 0 aromatic heterocycles. The van der Waals surface area contributed by atoms with Gasteiger partial charge in [-0.2, -0.15) is 0 Å². The average molecular weight is 258 g/mol. The van der Waals surface area contributed by atoms with Gasteiger partial charge in [-0.25, -0.2) is 0 Å². The Hall–Kier alpha value is -1.26. The van der Waals surface area contributed by atoms with Gasteiger partial charge in [-0.05, 0) is 24.6 Å². The van der Waals surface area contributed by atoms with Crippen LogP contribution in [0.5, 0.6) is 5.75 Å². The van der Waals surface area contributed by atoms with Crippen LogP contribution in [0.3, 0.4) is 0 Å². The summed E-state index contributed by atoms with van der Waals surface area (Å²) in [5, 5.41) is 3.53. The summed E-state index contributed by atoms with van der Waals surface area (Å²) >= 11 is 6.03. The van der Waals surface area contributed by atoms with Crippen molar-refractivity contribution in [3.63, 3.8) is 0 Å². The van der Waals surface area contributed by atoms with E-state index in [0.29, 0.717) is 23.9 Å². The molecule has 0 radical (unpaired) electrons. The first-order chi connectivity index (χ1) is 8.17. The second-order valence-electron chi connectivity index (χ2n) is 3.38. The zero-order valence-electron chi connectivity index (χ0n) is 9.96. The van der Waals surface area contributed by atoms with Crippen LogP contribution >= 0.6 is 11.6 Å². The van der Waals surface area contributed by atoms with E-state index in [9.17, 15) is 4.79 Å². The number of carbonyl (C=O) groups is 1. The van der Waals surface area contributed by atoms with Gasteiger partial charge in [0.15, 0.2) is 0 Å². The number of carbonyl (C=O) groups excluding carboxylic acids is 1. The normalized spacial score (nSPS) is 10.1. The highest BCUT2D eigenvalue weighted by atomic mass is 35.5. The Morgan fingerprint density at radius 3 is 2.82 bits per heavy atom. The zero-order valence-corrected chi connectivity index (χ0v) is 10.7. The van der Waals surface area contributed by atoms with Crippen LogP contribution in [0.25, 0.3) is 0 Å². The monoisotopic (exact) mass is 257 g/mol. The number of hydrogen-bond acceptors (Lipinski definition) is 4. The van der Waals surface area contributed by atoms with Gasteiger partial charge in [-0.1, -0.05) is 17.7 Å². The van der Waals surface area contributed by atoms with Crippen LogP contribution in [0.4, 0.5) is 0 Å². The summed E-state index contributed by atoms with van der Waals surface area (Å²) in [5.74, 6) is 0.382. The maximum atomic E-state index is 10.9. The molecule has 0 bridgehead atoms. The predicted octanol–water partition coefficient (Wildman–Crippen LogP) is 2.00. The molecule has 1 aromatic carbocycles. The molecule has 94 valence electrons. The van der Waals surface area contributed by atoms with E-state index in [0.717, 1.165) is 5.56 Å². The number of nitrogens with one attached hydrogen (secondary N) is 1. The molecule has 1 aromatic rings. The fourth-order valence-corrected chi connectivity index (χ4v) is 1.57. The Labute approximate surface area is 106 Å². The Kier molecular flexibility index (Phi) is 5.80. The molecule has 0 saturated carbocycles. The summed E-state index contributed by atoms with van der Waals surface area (Å²) < 4.78 is 9.84. The average Bonchev–Trinajstić information content (AvgIpc) is 2.32. The summed E-state index contributed by atoms with van der Waals surface area (Å²) in [6.45, 7) is 3.23. The van der Waals surface area contributed by atoms with Gasteiger partial charge in [0.1, 0.15) is 5.75 Å². The van der Waals surface area contributed by atoms with Crippen molar-refractivity contribution >= 4 is 17.6 Å². The molecule has 17 heavy (non-hydrogen) atoms. The standard InChI is InChI=1S/C12H16ClNO3/c1-3-17-11-5-4-9(6-10(11)13)7-14-8-12(15)16-2/h4-6,14H,3,7-8H2,1-2H3. The topological polar surface area (TPSA) is 47.6 Å². The summed E-state index contributed by atoms with van der Waals surface area (Å²) in [6, 6.07) is 5.54. The quantitative estimate of drug-likeness (QED) is 0.792. The van der Waals surface area contributed by atoms with E-state index in [1.807, 2.05) is 25.1 Å². The Morgan fingerprint density at radius 1 is 1.47 bits per heavy atom. The Morgan fingerprint density at radius 2 is 2.24 bits per heavy atom. The summed E-state index contributed by atoms with van der Waals surface area (Å²) in [7, 11) is 1.36. The third-order valence-corrected chi connectivity index (χ3v) is 2.42. The molecule has 0 aliphatic carbocycles. The molecule has 5 heteroatoms. The van der Waals surface area contributed by atoms with Crippen molar-refractivity contribution in [1.82, 2.24) is 5.32 Å². The van der Waals surface area contributed by atoms with Crippen molar-refractivity contribution in [3.05, 3.63) is 28.8 Å². The highest BCUT2D eigenvalue weighted by Crippen LogP contribution is 2.25. The van der Waals surface area contributed by atoms with E-state index in [2.05, 4.69) is 10.1 Å². The Balaban J connectivity index is 2.50. The minimum atomic E-state index is -0.290. The van der Waals surface area contributed by atoms with Crippen LogP contribution in [-0.4, -0.2) is 26.2 Å². The highest BCUT2D eigenvalue weighted by Gasteiger charge is 2.03. The number of methoxy groups -OCH3 is 1. The molecule has 0 fully saturated rings. The largest absolute Gasteiger partial charge is 0.492 e. The van der Waals surface area contributed by atoms with E-state index in [-0.39, 0.29) is 12.5 Å². The van der Waals surface area contributed by atoms with Crippen LogP contribution in [-0.2, 0) is 16.1 Å². The fraction of sp³-hybridized carbons (Fsp3) is 0.417. The number of hydrogen-bond donors (Lipinski definition) is 1. The second-order valence-corrected chi connectivity index (χ2v) is 3.78. The number of halogens is 1. The third kappa shape index (κ3) is 4.63. The number of benzene rings is 1. The van der Waals surface area contributed by atoms with Gasteiger partial charge in [-0.15, -0.1) is 0 Å². The molecular formula is C12H16ClNO3. The molecule has 4 nitrogen and oxygen atoms in total.